The number of aliphatic hydroxyl groups is 4. The van der Waals surface area contributed by atoms with Crippen molar-refractivity contribution in [3.8, 4) is 0 Å². The fourth-order valence-electron chi connectivity index (χ4n) is 0.666. The highest BCUT2D eigenvalue weighted by Crippen LogP contribution is 2.05. The topological polar surface area (TPSA) is 156 Å². The molecule has 8 nitrogen and oxygen atoms in total. The van der Waals surface area contributed by atoms with Crippen LogP contribution in [0.4, 0.5) is 0 Å². The maximum atomic E-state index is 10.1. The van der Waals surface area contributed by atoms with Crippen LogP contribution in [0.5, 0.6) is 0 Å². The lowest BCUT2D eigenvalue weighted by Crippen LogP contribution is -2.49. The SMILES string of the molecule is O=C(O)C(O)C(O)C(O)[C@H](O)C(=O)O. The molecule has 0 aliphatic heterocycles. The number of hydrogen-bond acceptors (Lipinski definition) is 6. The van der Waals surface area contributed by atoms with Crippen LogP contribution in [0.1, 0.15) is 0 Å². The average molecular weight is 210 g/mol. The first-order valence-corrected chi connectivity index (χ1v) is 3.47. The molecule has 0 amide bonds. The van der Waals surface area contributed by atoms with Gasteiger partial charge in [-0.2, -0.15) is 0 Å². The predicted molar refractivity (Wildman–Crippen MR) is 39.3 cm³/mol. The maximum Gasteiger partial charge on any atom is 0.335 e. The number of rotatable bonds is 5. The molecule has 0 aromatic heterocycles. The third-order valence-electron chi connectivity index (χ3n) is 1.50. The molecule has 0 rings (SSSR count). The van der Waals surface area contributed by atoms with Gasteiger partial charge in [-0.15, -0.1) is 0 Å². The van der Waals surface area contributed by atoms with Gasteiger partial charge in [0.15, 0.2) is 12.2 Å². The molecular formula is C6H10O8. The van der Waals surface area contributed by atoms with Gasteiger partial charge in [-0.25, -0.2) is 9.59 Å². The number of aliphatic carboxylic acids is 2. The van der Waals surface area contributed by atoms with Crippen LogP contribution in [0.2, 0.25) is 0 Å². The second-order valence-electron chi connectivity index (χ2n) is 2.55. The van der Waals surface area contributed by atoms with Crippen molar-refractivity contribution in [2.75, 3.05) is 0 Å². The van der Waals surface area contributed by atoms with E-state index >= 15 is 0 Å². The molecule has 0 aliphatic rings. The van der Waals surface area contributed by atoms with E-state index in [1.165, 1.54) is 0 Å². The van der Waals surface area contributed by atoms with E-state index in [1.54, 1.807) is 0 Å². The average Bonchev–Trinajstić information content (AvgIpc) is 2.12. The highest BCUT2D eigenvalue weighted by Gasteiger charge is 2.37. The number of carboxylic acid groups (broad SMARTS) is 2. The zero-order valence-corrected chi connectivity index (χ0v) is 6.81. The van der Waals surface area contributed by atoms with Gasteiger partial charge >= 0.3 is 11.9 Å². The quantitative estimate of drug-likeness (QED) is 0.274. The van der Waals surface area contributed by atoms with Crippen LogP contribution in [0.3, 0.4) is 0 Å². The van der Waals surface area contributed by atoms with Gasteiger partial charge in [-0.1, -0.05) is 0 Å². The minimum atomic E-state index is -2.36. The summed E-state index contributed by atoms with van der Waals surface area (Å²) in [6.07, 6.45) is -9.28. The van der Waals surface area contributed by atoms with Crippen molar-refractivity contribution >= 4 is 11.9 Å². The Morgan fingerprint density at radius 3 is 1.07 bits per heavy atom. The summed E-state index contributed by atoms with van der Waals surface area (Å²) < 4.78 is 0. The minimum absolute atomic E-state index is 1.84. The molecule has 0 aromatic carbocycles. The summed E-state index contributed by atoms with van der Waals surface area (Å²) in [5, 5.41) is 51.5. The van der Waals surface area contributed by atoms with Crippen LogP contribution in [-0.2, 0) is 9.59 Å². The van der Waals surface area contributed by atoms with E-state index in [1.807, 2.05) is 0 Å². The van der Waals surface area contributed by atoms with Crippen molar-refractivity contribution in [1.29, 1.82) is 0 Å². The Hall–Kier alpha value is -1.22. The van der Waals surface area contributed by atoms with E-state index in [0.29, 0.717) is 0 Å². The van der Waals surface area contributed by atoms with Gasteiger partial charge in [0.25, 0.3) is 0 Å². The van der Waals surface area contributed by atoms with Crippen molar-refractivity contribution in [2.45, 2.75) is 24.4 Å². The Morgan fingerprint density at radius 2 is 0.929 bits per heavy atom. The highest BCUT2D eigenvalue weighted by atomic mass is 16.4. The van der Waals surface area contributed by atoms with Crippen LogP contribution in [0.25, 0.3) is 0 Å². The predicted octanol–water partition coefficient (Wildman–Crippen LogP) is -3.40. The summed E-state index contributed by atoms with van der Waals surface area (Å²) in [5.74, 6) is -3.68. The summed E-state index contributed by atoms with van der Waals surface area (Å²) in [6, 6.07) is 0. The largest absolute Gasteiger partial charge is 0.479 e. The van der Waals surface area contributed by atoms with Gasteiger partial charge < -0.3 is 30.6 Å². The smallest absolute Gasteiger partial charge is 0.335 e. The second kappa shape index (κ2) is 4.86. The fourth-order valence-corrected chi connectivity index (χ4v) is 0.666. The van der Waals surface area contributed by atoms with E-state index in [2.05, 4.69) is 0 Å². The molecule has 6 N–H and O–H groups in total. The lowest BCUT2D eigenvalue weighted by Gasteiger charge is -2.21. The highest BCUT2D eigenvalue weighted by molar-refractivity contribution is 5.75. The van der Waals surface area contributed by atoms with Gasteiger partial charge in [0.1, 0.15) is 12.2 Å². The van der Waals surface area contributed by atoms with E-state index < -0.39 is 36.4 Å². The summed E-state index contributed by atoms with van der Waals surface area (Å²) in [6.45, 7) is 0. The normalized spacial score (nSPS) is 19.4. The first-order chi connectivity index (χ1) is 6.29. The minimum Gasteiger partial charge on any atom is -0.479 e. The zero-order valence-electron chi connectivity index (χ0n) is 6.81. The number of carbonyl (C=O) groups is 2. The third kappa shape index (κ3) is 2.92. The third-order valence-corrected chi connectivity index (χ3v) is 1.50. The van der Waals surface area contributed by atoms with Crippen molar-refractivity contribution in [2.24, 2.45) is 0 Å². The van der Waals surface area contributed by atoms with E-state index in [0.717, 1.165) is 0 Å². The first kappa shape index (κ1) is 12.8. The Kier molecular flexibility index (Phi) is 4.44. The fraction of sp³-hybridized carbons (Fsp3) is 0.667. The van der Waals surface area contributed by atoms with Crippen molar-refractivity contribution in [1.82, 2.24) is 0 Å². The van der Waals surface area contributed by atoms with Crippen LogP contribution in [0.15, 0.2) is 0 Å². The lowest BCUT2D eigenvalue weighted by molar-refractivity contribution is -0.172. The standard InChI is InChI=1S/C6H10O8/c7-1(3(9)5(11)12)2(8)4(10)6(13)14/h1-4,7-10H,(H,11,12)(H,13,14)/t1?,2?,3-,4?/m0/s1. The van der Waals surface area contributed by atoms with Gasteiger partial charge in [-0.3, -0.25) is 0 Å². The molecule has 14 heavy (non-hydrogen) atoms. The molecule has 3 unspecified atom stereocenters. The van der Waals surface area contributed by atoms with E-state index in [4.69, 9.17) is 30.6 Å². The van der Waals surface area contributed by atoms with Crippen molar-refractivity contribution < 1.29 is 40.2 Å². The van der Waals surface area contributed by atoms with Crippen LogP contribution < -0.4 is 0 Å². The molecule has 0 aliphatic carbocycles. The summed E-state index contributed by atoms with van der Waals surface area (Å²) in [4.78, 5) is 20.2. The van der Waals surface area contributed by atoms with Gasteiger partial charge in [0, 0.05) is 0 Å². The Labute approximate surface area is 77.7 Å². The Bertz CT molecular complexity index is 202. The molecular weight excluding hydrogens is 200 g/mol. The molecule has 0 fully saturated rings. The maximum absolute atomic E-state index is 10.1. The molecule has 0 heterocycles. The first-order valence-electron chi connectivity index (χ1n) is 3.47. The van der Waals surface area contributed by atoms with Crippen molar-refractivity contribution in [3.05, 3.63) is 0 Å². The Morgan fingerprint density at radius 1 is 0.714 bits per heavy atom. The van der Waals surface area contributed by atoms with Gasteiger partial charge in [-0.05, 0) is 0 Å². The van der Waals surface area contributed by atoms with Crippen molar-refractivity contribution in [3.63, 3.8) is 0 Å². The van der Waals surface area contributed by atoms with E-state index in [-0.39, 0.29) is 0 Å². The summed E-state index contributed by atoms with van der Waals surface area (Å²) >= 11 is 0. The lowest BCUT2D eigenvalue weighted by atomic mass is 10.0. The molecule has 0 bridgehead atoms. The van der Waals surface area contributed by atoms with Crippen LogP contribution in [0, 0.1) is 0 Å². The number of hydrogen-bond donors (Lipinski definition) is 6. The Balaban J connectivity index is 4.45. The number of carboxylic acids is 2. The van der Waals surface area contributed by atoms with Gasteiger partial charge in [0.2, 0.25) is 0 Å². The molecule has 0 aromatic rings. The molecule has 82 valence electrons. The van der Waals surface area contributed by atoms with Crippen LogP contribution >= 0.6 is 0 Å². The zero-order chi connectivity index (χ0) is 11.5. The summed E-state index contributed by atoms with van der Waals surface area (Å²) in [7, 11) is 0. The second-order valence-corrected chi connectivity index (χ2v) is 2.55. The molecule has 4 atom stereocenters. The molecule has 0 spiro atoms. The molecule has 8 heteroatoms. The number of aliphatic hydroxyl groups excluding tert-OH is 4. The van der Waals surface area contributed by atoms with E-state index in [9.17, 15) is 9.59 Å². The summed E-state index contributed by atoms with van der Waals surface area (Å²) in [5.41, 5.74) is 0. The monoisotopic (exact) mass is 210 g/mol. The molecule has 0 saturated heterocycles. The molecule has 0 radical (unpaired) electrons. The van der Waals surface area contributed by atoms with Gasteiger partial charge in [0.05, 0.1) is 0 Å². The molecule has 0 saturated carbocycles. The van der Waals surface area contributed by atoms with Crippen LogP contribution in [-0.4, -0.2) is 67.0 Å².